The van der Waals surface area contributed by atoms with Crippen molar-refractivity contribution < 1.29 is 55.6 Å². The number of unbranched alkanes of at least 4 members (excludes halogenated alkanes) is 2. The molecule has 418 valence electrons. The third-order valence-corrected chi connectivity index (χ3v) is 17.5. The number of halogens is 6. The van der Waals surface area contributed by atoms with Crippen molar-refractivity contribution in [2.45, 2.75) is 128 Å². The molecule has 0 bridgehead atoms. The van der Waals surface area contributed by atoms with Gasteiger partial charge in [-0.1, -0.05) is 103 Å². The number of anilines is 2. The molecular formula is C65H70F6N2O6. The Morgan fingerprint density at radius 1 is 0.747 bits per heavy atom. The Kier molecular flexibility index (Phi) is 15.5. The number of nitrogens with zero attached hydrogens (tertiary/aromatic N) is 2. The van der Waals surface area contributed by atoms with Crippen LogP contribution in [0.2, 0.25) is 0 Å². The molecule has 10 rings (SSSR count). The van der Waals surface area contributed by atoms with E-state index in [1.54, 1.807) is 62.4 Å². The molecule has 14 heteroatoms. The Hall–Kier alpha value is -6.83. The molecule has 6 aromatic carbocycles. The lowest BCUT2D eigenvalue weighted by atomic mass is 9.72. The monoisotopic (exact) mass is 1090 g/mol. The van der Waals surface area contributed by atoms with Crippen molar-refractivity contribution in [1.82, 2.24) is 0 Å². The van der Waals surface area contributed by atoms with E-state index in [1.165, 1.54) is 82.7 Å². The molecule has 0 spiro atoms. The molecule has 4 aliphatic rings. The quantitative estimate of drug-likeness (QED) is 0.0429. The highest BCUT2D eigenvalue weighted by atomic mass is 19.4. The summed E-state index contributed by atoms with van der Waals surface area (Å²) in [6, 6.07) is 24.9. The van der Waals surface area contributed by atoms with Gasteiger partial charge in [0, 0.05) is 65.8 Å². The van der Waals surface area contributed by atoms with Gasteiger partial charge in [-0.2, -0.15) is 26.3 Å². The topological polar surface area (TPSA) is 91.7 Å². The van der Waals surface area contributed by atoms with E-state index in [-0.39, 0.29) is 46.0 Å². The van der Waals surface area contributed by atoms with Crippen molar-refractivity contribution >= 4 is 34.2 Å². The fraction of sp³-hybridized carbons (Fsp3) is 0.431. The molecule has 1 unspecified atom stereocenters. The van der Waals surface area contributed by atoms with Crippen LogP contribution in [0, 0.1) is 17.8 Å². The van der Waals surface area contributed by atoms with Gasteiger partial charge in [0.15, 0.2) is 5.60 Å². The van der Waals surface area contributed by atoms with Crippen molar-refractivity contribution in [2.24, 2.45) is 17.8 Å². The summed E-state index contributed by atoms with van der Waals surface area (Å²) in [7, 11) is 1.51. The van der Waals surface area contributed by atoms with Gasteiger partial charge in [-0.3, -0.25) is 4.79 Å². The number of hydrogen-bond donors (Lipinski definition) is 2. The van der Waals surface area contributed by atoms with E-state index in [9.17, 15) is 28.2 Å². The highest BCUT2D eigenvalue weighted by Gasteiger charge is 2.50. The Morgan fingerprint density at radius 3 is 1.96 bits per heavy atom. The third kappa shape index (κ3) is 10.8. The Labute approximate surface area is 459 Å². The van der Waals surface area contributed by atoms with Crippen molar-refractivity contribution in [3.63, 3.8) is 0 Å². The Morgan fingerprint density at radius 2 is 1.38 bits per heavy atom. The van der Waals surface area contributed by atoms with E-state index in [0.29, 0.717) is 88.7 Å². The second-order valence-electron chi connectivity index (χ2n) is 22.7. The predicted octanol–water partition coefficient (Wildman–Crippen LogP) is 16.8. The summed E-state index contributed by atoms with van der Waals surface area (Å²) in [4.78, 5) is 17.4. The van der Waals surface area contributed by atoms with Crippen molar-refractivity contribution in [3.05, 3.63) is 142 Å². The van der Waals surface area contributed by atoms with Crippen molar-refractivity contribution in [2.75, 3.05) is 43.1 Å². The largest absolute Gasteiger partial charge is 0.508 e. The summed E-state index contributed by atoms with van der Waals surface area (Å²) in [5.41, 5.74) is -2.45. The number of benzene rings is 6. The van der Waals surface area contributed by atoms with Crippen LogP contribution < -0.4 is 24.0 Å². The number of esters is 1. The highest BCUT2D eigenvalue weighted by molar-refractivity contribution is 6.10. The molecule has 8 nitrogen and oxygen atoms in total. The average Bonchev–Trinajstić information content (AvgIpc) is 3.62. The highest BCUT2D eigenvalue weighted by Crippen LogP contribution is 2.62. The van der Waals surface area contributed by atoms with Crippen LogP contribution >= 0.6 is 0 Å². The lowest BCUT2D eigenvalue weighted by Crippen LogP contribution is -2.46. The van der Waals surface area contributed by atoms with Crippen LogP contribution in [0.3, 0.4) is 0 Å². The number of rotatable bonds is 16. The summed E-state index contributed by atoms with van der Waals surface area (Å²) in [6.45, 7) is 9.80. The fourth-order valence-electron chi connectivity index (χ4n) is 13.4. The fourth-order valence-corrected chi connectivity index (χ4v) is 13.4. The van der Waals surface area contributed by atoms with Gasteiger partial charge in [0.1, 0.15) is 28.7 Å². The molecule has 2 heterocycles. The molecule has 1 saturated carbocycles. The second-order valence-corrected chi connectivity index (χ2v) is 22.7. The Balaban J connectivity index is 0.935. The van der Waals surface area contributed by atoms with Crippen LogP contribution in [-0.2, 0) is 28.2 Å². The number of phenolic OH excluding ortho intramolecular Hbond substituents is 2. The first-order valence-corrected chi connectivity index (χ1v) is 28.1. The smallest absolute Gasteiger partial charge is 0.416 e. The number of aromatic hydroxyl groups is 2. The number of methoxy groups -OCH3 is 1. The molecule has 2 aliphatic heterocycles. The van der Waals surface area contributed by atoms with E-state index in [0.717, 1.165) is 42.9 Å². The summed E-state index contributed by atoms with van der Waals surface area (Å²) in [6.07, 6.45) is 7.19. The van der Waals surface area contributed by atoms with Crippen LogP contribution in [-0.4, -0.2) is 49.5 Å². The summed E-state index contributed by atoms with van der Waals surface area (Å²) in [5, 5.41) is 21.5. The zero-order valence-corrected chi connectivity index (χ0v) is 45.6. The van der Waals surface area contributed by atoms with E-state index in [2.05, 4.69) is 23.6 Å². The van der Waals surface area contributed by atoms with Gasteiger partial charge < -0.3 is 34.2 Å². The lowest BCUT2D eigenvalue weighted by Gasteiger charge is -2.39. The van der Waals surface area contributed by atoms with Crippen LogP contribution in [0.5, 0.6) is 28.7 Å². The molecule has 2 fully saturated rings. The molecule has 1 atom stereocenters. The first-order chi connectivity index (χ1) is 37.7. The number of carbonyl (C=O) groups excluding carboxylic acids is 1. The first kappa shape index (κ1) is 55.5. The maximum Gasteiger partial charge on any atom is 0.416 e. The number of piperazine rings is 1. The van der Waals surface area contributed by atoms with E-state index in [1.807, 2.05) is 24.3 Å². The van der Waals surface area contributed by atoms with Gasteiger partial charge >= 0.3 is 18.3 Å². The summed E-state index contributed by atoms with van der Waals surface area (Å²) >= 11 is 0. The van der Waals surface area contributed by atoms with Crippen LogP contribution in [0.15, 0.2) is 103 Å². The minimum Gasteiger partial charge on any atom is -0.508 e. The predicted molar refractivity (Wildman–Crippen MR) is 298 cm³/mol. The van der Waals surface area contributed by atoms with E-state index < -0.39 is 34.5 Å². The van der Waals surface area contributed by atoms with Crippen molar-refractivity contribution in [1.29, 1.82) is 0 Å². The molecule has 0 amide bonds. The zero-order chi connectivity index (χ0) is 56.0. The molecule has 6 aromatic rings. The van der Waals surface area contributed by atoms with Gasteiger partial charge in [0.25, 0.3) is 0 Å². The molecule has 1 saturated heterocycles. The first-order valence-electron chi connectivity index (χ1n) is 28.1. The van der Waals surface area contributed by atoms with Crippen LogP contribution in [0.1, 0.15) is 144 Å². The Bertz CT molecular complexity index is 3160. The average molecular weight is 1090 g/mol. The lowest BCUT2D eigenvalue weighted by molar-refractivity contribution is -0.143. The van der Waals surface area contributed by atoms with Gasteiger partial charge in [-0.05, 0) is 150 Å². The number of hydrogen-bond acceptors (Lipinski definition) is 8. The SMILES string of the molecule is CCCCCC1CCC(C(CC)CCCC(=O)Oc2ccc(N3CCN(c4cc5c6c(c7c(c5cc4OC)OC(c4ccc(O)cc4)(c4ccc(O)cc4)C=C7)C(C)(C)c4c-6cc(C(F)(F)F)cc4C(F)(F)F)CC3)cc2)CC1. The van der Waals surface area contributed by atoms with Crippen LogP contribution in [0.4, 0.5) is 37.7 Å². The number of carbonyl (C=O) groups is 1. The number of alkyl halides is 6. The molecule has 2 N–H and O–H groups in total. The minimum atomic E-state index is -5.14. The number of fused-ring (bicyclic) bond motifs is 8. The normalized spacial score (nSPS) is 18.9. The summed E-state index contributed by atoms with van der Waals surface area (Å²) in [5.74, 6) is 3.17. The van der Waals surface area contributed by atoms with Gasteiger partial charge in [-0.15, -0.1) is 0 Å². The number of ether oxygens (including phenoxy) is 3. The van der Waals surface area contributed by atoms with Crippen LogP contribution in [0.25, 0.3) is 28.0 Å². The van der Waals surface area contributed by atoms with E-state index in [4.69, 9.17) is 14.2 Å². The van der Waals surface area contributed by atoms with E-state index >= 15 is 13.2 Å². The van der Waals surface area contributed by atoms with Crippen molar-refractivity contribution in [3.8, 4) is 39.9 Å². The minimum absolute atomic E-state index is 0.000918. The molecule has 0 aromatic heterocycles. The molecule has 79 heavy (non-hydrogen) atoms. The standard InChI is InChI=1S/C65H70F6N2O6/c1-6-8-9-11-40-14-16-42(17-15-40)41(7-2)12-10-13-57(76)78-49-28-22-46(23-29-49)72-32-34-73(35-33-72)55-38-51-52(39-56(55)77-5)61-50(30-31-63(79-61,43-18-24-47(74)25-19-43)44-20-26-48(75)27-21-44)60-58(51)53-36-45(64(66,67)68)37-54(65(69,70)71)59(53)62(60,3)4/h18-31,36-42,74-75H,6-17,32-35H2,1-5H3. The molecular weight excluding hydrogens is 1020 g/mol. The molecule has 0 radical (unpaired) electrons. The third-order valence-electron chi connectivity index (χ3n) is 17.5. The van der Waals surface area contributed by atoms with Gasteiger partial charge in [0.2, 0.25) is 0 Å². The zero-order valence-electron chi connectivity index (χ0n) is 45.6. The molecule has 2 aliphatic carbocycles. The second kappa shape index (κ2) is 22.0. The van der Waals surface area contributed by atoms with Gasteiger partial charge in [0.05, 0.1) is 23.9 Å². The van der Waals surface area contributed by atoms with Gasteiger partial charge in [-0.25, -0.2) is 0 Å². The number of phenols is 2. The maximum atomic E-state index is 15.3. The maximum absolute atomic E-state index is 15.3. The summed E-state index contributed by atoms with van der Waals surface area (Å²) < 4.78 is 109.